The van der Waals surface area contributed by atoms with Crippen LogP contribution >= 0.6 is 0 Å². The zero-order valence-corrected chi connectivity index (χ0v) is 13.9. The highest BCUT2D eigenvalue weighted by Gasteiger charge is 2.35. The third-order valence-corrected chi connectivity index (χ3v) is 4.74. The summed E-state index contributed by atoms with van der Waals surface area (Å²) < 4.78 is 0. The van der Waals surface area contributed by atoms with Crippen LogP contribution in [-0.4, -0.2) is 35.1 Å². The Balaban J connectivity index is 1.46. The van der Waals surface area contributed by atoms with Crippen LogP contribution < -0.4 is 10.9 Å². The van der Waals surface area contributed by atoms with Crippen LogP contribution in [0.2, 0.25) is 0 Å². The molecule has 7 heteroatoms. The minimum Gasteiger partial charge on any atom is -0.274 e. The Morgan fingerprint density at radius 3 is 2.16 bits per heavy atom. The summed E-state index contributed by atoms with van der Waals surface area (Å²) >= 11 is 0. The molecule has 0 saturated heterocycles. The Hall–Kier alpha value is -2.70. The smallest absolute Gasteiger partial charge is 0.261 e. The molecule has 0 unspecified atom stereocenters. The average molecular weight is 343 g/mol. The zero-order chi connectivity index (χ0) is 17.8. The molecule has 0 bridgehead atoms. The van der Waals surface area contributed by atoms with Gasteiger partial charge in [0.15, 0.2) is 0 Å². The normalized spacial score (nSPS) is 17.4. The number of carbonyl (C=O) groups is 4. The number of fused-ring (bicyclic) bond motifs is 1. The van der Waals surface area contributed by atoms with E-state index in [1.807, 2.05) is 0 Å². The maximum atomic E-state index is 12.2. The molecular formula is C18H21N3O4. The lowest BCUT2D eigenvalue weighted by molar-refractivity contribution is -0.131. The molecule has 1 heterocycles. The molecule has 2 N–H and O–H groups in total. The van der Waals surface area contributed by atoms with Crippen LogP contribution in [0, 0.1) is 5.92 Å². The van der Waals surface area contributed by atoms with Gasteiger partial charge in [-0.2, -0.15) is 0 Å². The molecule has 25 heavy (non-hydrogen) atoms. The van der Waals surface area contributed by atoms with E-state index in [4.69, 9.17) is 0 Å². The molecule has 1 aliphatic heterocycles. The van der Waals surface area contributed by atoms with E-state index < -0.39 is 5.91 Å². The zero-order valence-electron chi connectivity index (χ0n) is 13.9. The molecule has 0 aromatic heterocycles. The molecule has 2 aliphatic rings. The Labute approximate surface area is 145 Å². The first-order valence-electron chi connectivity index (χ1n) is 8.62. The molecule has 0 radical (unpaired) electrons. The van der Waals surface area contributed by atoms with Crippen LogP contribution in [0.3, 0.4) is 0 Å². The monoisotopic (exact) mass is 343 g/mol. The highest BCUT2D eigenvalue weighted by molar-refractivity contribution is 6.21. The van der Waals surface area contributed by atoms with Crippen molar-refractivity contribution in [3.05, 3.63) is 35.4 Å². The second-order valence-corrected chi connectivity index (χ2v) is 6.43. The third-order valence-electron chi connectivity index (χ3n) is 4.74. The van der Waals surface area contributed by atoms with Crippen LogP contribution in [0.15, 0.2) is 24.3 Å². The van der Waals surface area contributed by atoms with Crippen molar-refractivity contribution in [1.82, 2.24) is 15.8 Å². The molecule has 0 atom stereocenters. The summed E-state index contributed by atoms with van der Waals surface area (Å²) in [7, 11) is 0. The second-order valence-electron chi connectivity index (χ2n) is 6.43. The van der Waals surface area contributed by atoms with Crippen molar-refractivity contribution in [3.8, 4) is 0 Å². The van der Waals surface area contributed by atoms with Gasteiger partial charge in [-0.1, -0.05) is 31.4 Å². The summed E-state index contributed by atoms with van der Waals surface area (Å²) in [6.07, 6.45) is 4.85. The summed E-state index contributed by atoms with van der Waals surface area (Å²) in [6.45, 7) is -0.0164. The quantitative estimate of drug-likeness (QED) is 0.638. The number of nitrogens with one attached hydrogen (secondary N) is 2. The van der Waals surface area contributed by atoms with Gasteiger partial charge in [0.05, 0.1) is 11.1 Å². The molecule has 4 amide bonds. The average Bonchev–Trinajstić information content (AvgIpc) is 2.89. The maximum Gasteiger partial charge on any atom is 0.261 e. The van der Waals surface area contributed by atoms with Gasteiger partial charge in [-0.3, -0.25) is 34.9 Å². The lowest BCUT2D eigenvalue weighted by Crippen LogP contribution is -2.46. The number of hydrogen-bond donors (Lipinski definition) is 2. The highest BCUT2D eigenvalue weighted by atomic mass is 16.2. The molecule has 7 nitrogen and oxygen atoms in total. The van der Waals surface area contributed by atoms with Crippen molar-refractivity contribution in [2.75, 3.05) is 6.54 Å². The van der Waals surface area contributed by atoms with E-state index in [1.165, 1.54) is 0 Å². The molecule has 1 aromatic rings. The molecule has 132 valence electrons. The standard InChI is InChI=1S/C18H21N3O4/c22-15(19-20-16(23)12-6-2-1-3-7-12)10-11-21-17(24)13-8-4-5-9-14(13)18(21)25/h4-5,8-9,12H,1-3,6-7,10-11H2,(H,19,22)(H,20,23). The molecule has 0 spiro atoms. The molecule has 1 saturated carbocycles. The Morgan fingerprint density at radius 2 is 1.56 bits per heavy atom. The summed E-state index contributed by atoms with van der Waals surface area (Å²) in [4.78, 5) is 49.3. The molecule has 1 aliphatic carbocycles. The molecule has 3 rings (SSSR count). The minimum atomic E-state index is -0.430. The first kappa shape index (κ1) is 17.1. The van der Waals surface area contributed by atoms with Crippen LogP contribution in [0.5, 0.6) is 0 Å². The second kappa shape index (κ2) is 7.46. The van der Waals surface area contributed by atoms with Crippen molar-refractivity contribution in [2.45, 2.75) is 38.5 Å². The number of carbonyl (C=O) groups excluding carboxylic acids is 4. The minimum absolute atomic E-state index is 0.0164. The summed E-state index contributed by atoms with van der Waals surface area (Å²) in [5, 5.41) is 0. The summed E-state index contributed by atoms with van der Waals surface area (Å²) in [5.41, 5.74) is 5.53. The molecule has 1 aromatic carbocycles. The summed E-state index contributed by atoms with van der Waals surface area (Å²) in [6, 6.07) is 6.59. The largest absolute Gasteiger partial charge is 0.274 e. The van der Waals surface area contributed by atoms with Gasteiger partial charge in [0.1, 0.15) is 0 Å². The van der Waals surface area contributed by atoms with Gasteiger partial charge in [-0.05, 0) is 25.0 Å². The van der Waals surface area contributed by atoms with E-state index in [1.54, 1.807) is 24.3 Å². The van der Waals surface area contributed by atoms with Crippen molar-refractivity contribution < 1.29 is 19.2 Å². The molecule has 1 fully saturated rings. The Morgan fingerprint density at radius 1 is 0.960 bits per heavy atom. The number of imide groups is 1. The number of rotatable bonds is 4. The SMILES string of the molecule is O=C(CCN1C(=O)c2ccccc2C1=O)NNC(=O)C1CCCCC1. The van der Waals surface area contributed by atoms with E-state index in [0.29, 0.717) is 11.1 Å². The van der Waals surface area contributed by atoms with Gasteiger partial charge in [0.2, 0.25) is 11.8 Å². The van der Waals surface area contributed by atoms with Crippen LogP contribution in [0.25, 0.3) is 0 Å². The van der Waals surface area contributed by atoms with Gasteiger partial charge >= 0.3 is 0 Å². The number of hydrazine groups is 1. The van der Waals surface area contributed by atoms with E-state index in [0.717, 1.165) is 37.0 Å². The van der Waals surface area contributed by atoms with Gasteiger partial charge in [-0.25, -0.2) is 0 Å². The maximum absolute atomic E-state index is 12.2. The number of benzene rings is 1. The Kier molecular flexibility index (Phi) is 5.11. The number of amides is 4. The van der Waals surface area contributed by atoms with Gasteiger partial charge < -0.3 is 0 Å². The lowest BCUT2D eigenvalue weighted by atomic mass is 9.89. The van der Waals surface area contributed by atoms with Crippen LogP contribution in [0.1, 0.15) is 59.2 Å². The number of hydrogen-bond acceptors (Lipinski definition) is 4. The third kappa shape index (κ3) is 3.70. The van der Waals surface area contributed by atoms with Crippen molar-refractivity contribution in [2.24, 2.45) is 5.92 Å². The van der Waals surface area contributed by atoms with Crippen molar-refractivity contribution in [1.29, 1.82) is 0 Å². The van der Waals surface area contributed by atoms with E-state index in [9.17, 15) is 19.2 Å². The fraction of sp³-hybridized carbons (Fsp3) is 0.444. The predicted octanol–water partition coefficient (Wildman–Crippen LogP) is 1.40. The van der Waals surface area contributed by atoms with Crippen molar-refractivity contribution in [3.63, 3.8) is 0 Å². The fourth-order valence-corrected chi connectivity index (χ4v) is 3.32. The van der Waals surface area contributed by atoms with Crippen LogP contribution in [0.4, 0.5) is 0 Å². The predicted molar refractivity (Wildman–Crippen MR) is 89.3 cm³/mol. The number of nitrogens with zero attached hydrogens (tertiary/aromatic N) is 1. The fourth-order valence-electron chi connectivity index (χ4n) is 3.32. The van der Waals surface area contributed by atoms with Crippen molar-refractivity contribution >= 4 is 23.6 Å². The lowest BCUT2D eigenvalue weighted by Gasteiger charge is -2.21. The first-order valence-corrected chi connectivity index (χ1v) is 8.62. The highest BCUT2D eigenvalue weighted by Crippen LogP contribution is 2.23. The topological polar surface area (TPSA) is 95.6 Å². The molecular weight excluding hydrogens is 322 g/mol. The van der Waals surface area contributed by atoms with E-state index in [-0.39, 0.29) is 36.6 Å². The van der Waals surface area contributed by atoms with E-state index in [2.05, 4.69) is 10.9 Å². The van der Waals surface area contributed by atoms with Gasteiger partial charge in [0, 0.05) is 18.9 Å². The van der Waals surface area contributed by atoms with Crippen LogP contribution in [-0.2, 0) is 9.59 Å². The Bertz CT molecular complexity index is 675. The van der Waals surface area contributed by atoms with E-state index >= 15 is 0 Å². The van der Waals surface area contributed by atoms with Gasteiger partial charge in [0.25, 0.3) is 11.8 Å². The van der Waals surface area contributed by atoms with Gasteiger partial charge in [-0.15, -0.1) is 0 Å². The summed E-state index contributed by atoms with van der Waals surface area (Å²) in [5.74, 6) is -1.43. The first-order chi connectivity index (χ1) is 12.1.